The molecule has 3 aliphatic carbocycles. The number of phenols is 1. The molecule has 222 valence electrons. The summed E-state index contributed by atoms with van der Waals surface area (Å²) in [6.07, 6.45) is 0.194. The van der Waals surface area contributed by atoms with Crippen LogP contribution >= 0.6 is 0 Å². The van der Waals surface area contributed by atoms with E-state index in [-0.39, 0.29) is 29.7 Å². The summed E-state index contributed by atoms with van der Waals surface area (Å²) in [4.78, 5) is 43.1. The molecule has 1 saturated heterocycles. The van der Waals surface area contributed by atoms with Crippen LogP contribution in [0.3, 0.4) is 0 Å². The molecule has 2 heterocycles. The van der Waals surface area contributed by atoms with Crippen molar-refractivity contribution in [1.29, 1.82) is 0 Å². The van der Waals surface area contributed by atoms with E-state index in [1.165, 1.54) is 11.0 Å². The zero-order valence-electron chi connectivity index (χ0n) is 23.3. The fourth-order valence-corrected chi connectivity index (χ4v) is 7.06. The van der Waals surface area contributed by atoms with Crippen molar-refractivity contribution < 1.29 is 44.0 Å². The van der Waals surface area contributed by atoms with Gasteiger partial charge in [-0.2, -0.15) is 0 Å². The maximum atomic E-state index is 14.0. The van der Waals surface area contributed by atoms with Crippen molar-refractivity contribution in [3.8, 4) is 17.1 Å². The van der Waals surface area contributed by atoms with Crippen molar-refractivity contribution >= 4 is 23.2 Å². The van der Waals surface area contributed by atoms with Gasteiger partial charge >= 0.3 is 0 Å². The van der Waals surface area contributed by atoms with Crippen molar-refractivity contribution in [3.63, 3.8) is 0 Å². The smallest absolute Gasteiger partial charge is 0.255 e. The van der Waals surface area contributed by atoms with Gasteiger partial charge in [0.05, 0.1) is 31.4 Å². The Bertz CT molecular complexity index is 1570. The van der Waals surface area contributed by atoms with E-state index in [9.17, 15) is 34.8 Å². The molecule has 12 heteroatoms. The lowest BCUT2D eigenvalue weighted by Gasteiger charge is -2.50. The Morgan fingerprint density at radius 2 is 1.83 bits per heavy atom. The number of amides is 1. The third kappa shape index (κ3) is 4.09. The van der Waals surface area contributed by atoms with E-state index >= 15 is 0 Å². The highest BCUT2D eigenvalue weighted by Crippen LogP contribution is 2.53. The van der Waals surface area contributed by atoms with E-state index in [1.807, 2.05) is 12.1 Å². The quantitative estimate of drug-likeness (QED) is 0.319. The first-order valence-corrected chi connectivity index (χ1v) is 13.8. The molecular formula is C30H33N3O9. The average Bonchev–Trinajstić information content (AvgIpc) is 3.39. The minimum absolute atomic E-state index is 0.0152. The molecule has 6 rings (SSSR count). The number of Topliss-reactive ketones (excluding diaryl/α,β-unsaturated/α-hetero) is 2. The number of fused-ring (bicyclic) bond motifs is 3. The molecule has 0 radical (unpaired) electrons. The summed E-state index contributed by atoms with van der Waals surface area (Å²) in [6, 6.07) is 5.63. The van der Waals surface area contributed by atoms with Gasteiger partial charge in [-0.15, -0.1) is 0 Å². The van der Waals surface area contributed by atoms with Crippen molar-refractivity contribution in [2.45, 2.75) is 31.0 Å². The summed E-state index contributed by atoms with van der Waals surface area (Å²) < 4.78 is 11.6. The molecule has 1 aromatic carbocycles. The molecule has 4 atom stereocenters. The van der Waals surface area contributed by atoms with E-state index in [1.54, 1.807) is 20.2 Å². The first-order chi connectivity index (χ1) is 19.9. The topological polar surface area (TPSA) is 187 Å². The molecule has 2 aromatic rings. The Hall–Kier alpha value is -3.97. The van der Waals surface area contributed by atoms with Crippen LogP contribution in [-0.2, 0) is 32.1 Å². The van der Waals surface area contributed by atoms with Gasteiger partial charge in [-0.25, -0.2) is 0 Å². The van der Waals surface area contributed by atoms with Crippen molar-refractivity contribution in [2.75, 3.05) is 40.4 Å². The molecule has 0 spiro atoms. The van der Waals surface area contributed by atoms with E-state index in [0.29, 0.717) is 36.6 Å². The standard InChI is InChI=1S/C30H33N3O9/c1-32(2)24-18-12-14-11-17-16(20-6-3-15(42-20)13-33-7-9-41-10-8-33)4-5-19(34)22(17)25(35)21(14)27(37)30(18,40)28(38)23(26(24)36)29(31)39/h3-6,14,18,24,34-35,38,40H,7-13H2,1-2H3,(H2,31,39)/t14-,18-,24-,30-/m0/s1. The van der Waals surface area contributed by atoms with Gasteiger partial charge in [0.15, 0.2) is 11.4 Å². The Balaban J connectivity index is 1.44. The lowest BCUT2D eigenvalue weighted by molar-refractivity contribution is -0.153. The molecule has 6 N–H and O–H groups in total. The summed E-state index contributed by atoms with van der Waals surface area (Å²) >= 11 is 0. The number of aliphatic hydroxyl groups is 3. The summed E-state index contributed by atoms with van der Waals surface area (Å²) in [5.41, 5.74) is 2.86. The van der Waals surface area contributed by atoms with Crippen LogP contribution in [0.1, 0.15) is 23.3 Å². The van der Waals surface area contributed by atoms with E-state index in [2.05, 4.69) is 4.90 Å². The summed E-state index contributed by atoms with van der Waals surface area (Å²) in [5.74, 6) is -5.57. The number of hydrogen-bond donors (Lipinski definition) is 5. The number of carbonyl (C=O) groups is 3. The largest absolute Gasteiger partial charge is 0.508 e. The molecule has 2 fully saturated rings. The molecular weight excluding hydrogens is 546 g/mol. The number of primary amides is 1. The highest BCUT2D eigenvalue weighted by atomic mass is 16.5. The number of hydrogen-bond acceptors (Lipinski definition) is 11. The van der Waals surface area contributed by atoms with Crippen LogP contribution in [0.2, 0.25) is 0 Å². The lowest BCUT2D eigenvalue weighted by atomic mass is 9.57. The van der Waals surface area contributed by atoms with Gasteiger partial charge in [0.2, 0.25) is 5.78 Å². The zero-order chi connectivity index (χ0) is 30.1. The molecule has 4 aliphatic rings. The third-order valence-electron chi connectivity index (χ3n) is 9.01. The Morgan fingerprint density at radius 1 is 1.12 bits per heavy atom. The second-order valence-corrected chi connectivity index (χ2v) is 11.6. The van der Waals surface area contributed by atoms with Gasteiger partial charge in [0.25, 0.3) is 5.91 Å². The zero-order valence-corrected chi connectivity index (χ0v) is 23.3. The minimum atomic E-state index is -2.67. The van der Waals surface area contributed by atoms with Gasteiger partial charge < -0.3 is 35.3 Å². The van der Waals surface area contributed by atoms with Crippen LogP contribution in [0.4, 0.5) is 0 Å². The maximum Gasteiger partial charge on any atom is 0.255 e. The van der Waals surface area contributed by atoms with Crippen LogP contribution < -0.4 is 5.73 Å². The van der Waals surface area contributed by atoms with Gasteiger partial charge in [0, 0.05) is 30.1 Å². The van der Waals surface area contributed by atoms with Crippen molar-refractivity contribution in [2.24, 2.45) is 17.6 Å². The molecule has 0 bridgehead atoms. The number of rotatable bonds is 5. The fourth-order valence-electron chi connectivity index (χ4n) is 7.06. The molecule has 1 aliphatic heterocycles. The molecule has 1 saturated carbocycles. The van der Waals surface area contributed by atoms with E-state index in [4.69, 9.17) is 14.9 Å². The Morgan fingerprint density at radius 3 is 2.50 bits per heavy atom. The number of nitrogens with zero attached hydrogens (tertiary/aromatic N) is 2. The predicted molar refractivity (Wildman–Crippen MR) is 148 cm³/mol. The summed E-state index contributed by atoms with van der Waals surface area (Å²) in [7, 11) is 3.13. The first-order valence-electron chi connectivity index (χ1n) is 13.8. The van der Waals surface area contributed by atoms with Gasteiger partial charge in [-0.1, -0.05) is 0 Å². The molecule has 0 unspecified atom stereocenters. The van der Waals surface area contributed by atoms with Gasteiger partial charge in [0.1, 0.15) is 34.4 Å². The molecule has 1 aromatic heterocycles. The SMILES string of the molecule is CN(C)[C@@H]1C(=O)C(C(N)=O)=C(O)[C@@]2(O)C(=O)C3=C(O)c4c(O)ccc(-c5ccc(CN6CCOCC6)o5)c4C[C@H]3C[C@@H]12. The number of benzene rings is 1. The second-order valence-electron chi connectivity index (χ2n) is 11.6. The highest BCUT2D eigenvalue weighted by molar-refractivity contribution is 6.24. The summed E-state index contributed by atoms with van der Waals surface area (Å²) in [6.45, 7) is 3.48. The minimum Gasteiger partial charge on any atom is -0.508 e. The number of carbonyl (C=O) groups excluding carboxylic acids is 3. The normalized spacial score (nSPS) is 28.1. The Kier molecular flexibility index (Phi) is 6.76. The number of morpholine rings is 1. The summed E-state index contributed by atoms with van der Waals surface area (Å²) in [5, 5.41) is 45.0. The number of aliphatic hydroxyl groups excluding tert-OH is 2. The lowest BCUT2D eigenvalue weighted by Crippen LogP contribution is -2.65. The van der Waals surface area contributed by atoms with Crippen molar-refractivity contribution in [1.82, 2.24) is 9.80 Å². The number of nitrogens with two attached hydrogens (primary N) is 1. The van der Waals surface area contributed by atoms with Crippen LogP contribution in [-0.4, -0.2) is 99.7 Å². The molecule has 1 amide bonds. The Labute approximate surface area is 241 Å². The van der Waals surface area contributed by atoms with Gasteiger partial charge in [-0.3, -0.25) is 24.2 Å². The maximum absolute atomic E-state index is 14.0. The third-order valence-corrected chi connectivity index (χ3v) is 9.01. The number of ether oxygens (including phenoxy) is 1. The monoisotopic (exact) mass is 579 g/mol. The fraction of sp³-hybridized carbons (Fsp3) is 0.433. The molecule has 12 nitrogen and oxygen atoms in total. The van der Waals surface area contributed by atoms with Crippen LogP contribution in [0.25, 0.3) is 17.1 Å². The van der Waals surface area contributed by atoms with Crippen LogP contribution in [0, 0.1) is 11.8 Å². The number of ketones is 2. The average molecular weight is 580 g/mol. The second kappa shape index (κ2) is 10.1. The highest BCUT2D eigenvalue weighted by Gasteiger charge is 2.64. The number of phenolic OH excluding ortho intramolecular Hbond substituents is 1. The van der Waals surface area contributed by atoms with Crippen LogP contribution in [0.15, 0.2) is 45.6 Å². The van der Waals surface area contributed by atoms with Crippen LogP contribution in [0.5, 0.6) is 5.75 Å². The van der Waals surface area contributed by atoms with E-state index < -0.39 is 58.0 Å². The number of likely N-dealkylation sites (N-methyl/N-ethyl adjacent to an activating group) is 1. The number of furan rings is 1. The van der Waals surface area contributed by atoms with E-state index in [0.717, 1.165) is 18.8 Å². The first kappa shape index (κ1) is 28.2. The predicted octanol–water partition coefficient (Wildman–Crippen LogP) is 1.06. The van der Waals surface area contributed by atoms with Gasteiger partial charge in [-0.05, 0) is 62.7 Å². The molecule has 42 heavy (non-hydrogen) atoms. The van der Waals surface area contributed by atoms with Crippen molar-refractivity contribution in [3.05, 3.63) is 58.1 Å². The number of aromatic hydroxyl groups is 1.